The van der Waals surface area contributed by atoms with Crippen LogP contribution in [-0.2, 0) is 3.07 Å². The lowest BCUT2D eigenvalue weighted by molar-refractivity contribution is 0.00870. The van der Waals surface area contributed by atoms with Crippen molar-refractivity contribution >= 4 is 23.0 Å². The SMILES string of the molecule is FC1(F)CN2CCCC2(COI)C1. The third-order valence-corrected chi connectivity index (χ3v) is 3.39. The van der Waals surface area contributed by atoms with E-state index in [-0.39, 0.29) is 18.5 Å². The van der Waals surface area contributed by atoms with Crippen molar-refractivity contribution in [1.29, 1.82) is 0 Å². The van der Waals surface area contributed by atoms with Crippen LogP contribution in [0.25, 0.3) is 0 Å². The van der Waals surface area contributed by atoms with Crippen LogP contribution in [0, 0.1) is 0 Å². The van der Waals surface area contributed by atoms with E-state index in [1.54, 1.807) is 23.0 Å². The lowest BCUT2D eigenvalue weighted by atomic mass is 9.94. The molecule has 2 aliphatic heterocycles. The van der Waals surface area contributed by atoms with Gasteiger partial charge in [0.25, 0.3) is 5.92 Å². The van der Waals surface area contributed by atoms with E-state index in [1.165, 1.54) is 0 Å². The lowest BCUT2D eigenvalue weighted by Gasteiger charge is -2.29. The number of fused-ring (bicyclic) bond motifs is 1. The molecule has 2 nitrogen and oxygen atoms in total. The maximum atomic E-state index is 13.1. The van der Waals surface area contributed by atoms with Crippen LogP contribution >= 0.6 is 23.0 Å². The average Bonchev–Trinajstić information content (AvgIpc) is 2.40. The molecule has 2 rings (SSSR count). The Morgan fingerprint density at radius 3 is 2.92 bits per heavy atom. The summed E-state index contributed by atoms with van der Waals surface area (Å²) >= 11 is 1.79. The van der Waals surface area contributed by atoms with Gasteiger partial charge in [-0.1, -0.05) is 0 Å². The first-order chi connectivity index (χ1) is 6.08. The van der Waals surface area contributed by atoms with E-state index in [0.717, 1.165) is 19.4 Å². The van der Waals surface area contributed by atoms with Gasteiger partial charge in [0, 0.05) is 6.42 Å². The van der Waals surface area contributed by atoms with Gasteiger partial charge in [0.15, 0.2) is 0 Å². The monoisotopic (exact) mass is 303 g/mol. The predicted octanol–water partition coefficient (Wildman–Crippen LogP) is 2.23. The molecule has 0 amide bonds. The zero-order valence-electron chi connectivity index (χ0n) is 7.23. The van der Waals surface area contributed by atoms with Crippen LogP contribution in [0.2, 0.25) is 0 Å². The van der Waals surface area contributed by atoms with E-state index < -0.39 is 5.92 Å². The molecule has 1 atom stereocenters. The summed E-state index contributed by atoms with van der Waals surface area (Å²) in [5, 5.41) is 0. The van der Waals surface area contributed by atoms with Crippen molar-refractivity contribution in [3.05, 3.63) is 0 Å². The molecule has 2 saturated heterocycles. The number of alkyl halides is 2. The number of halogens is 3. The molecule has 2 heterocycles. The van der Waals surface area contributed by atoms with Crippen LogP contribution in [0.5, 0.6) is 0 Å². The minimum Gasteiger partial charge on any atom is -0.314 e. The van der Waals surface area contributed by atoms with Crippen LogP contribution < -0.4 is 0 Å². The Bertz CT molecular complexity index is 214. The van der Waals surface area contributed by atoms with Crippen LogP contribution in [-0.4, -0.2) is 36.1 Å². The summed E-state index contributed by atoms with van der Waals surface area (Å²) < 4.78 is 31.3. The summed E-state index contributed by atoms with van der Waals surface area (Å²) in [5.74, 6) is -2.50. The fourth-order valence-electron chi connectivity index (χ4n) is 2.57. The summed E-state index contributed by atoms with van der Waals surface area (Å²) in [6.45, 7) is 1.16. The van der Waals surface area contributed by atoms with Crippen LogP contribution in [0.15, 0.2) is 0 Å². The minimum atomic E-state index is -2.50. The molecule has 0 N–H and O–H groups in total. The highest BCUT2D eigenvalue weighted by Crippen LogP contribution is 2.46. The van der Waals surface area contributed by atoms with Crippen molar-refractivity contribution in [3.8, 4) is 0 Å². The number of hydrogen-bond acceptors (Lipinski definition) is 2. The molecule has 0 aromatic rings. The fourth-order valence-corrected chi connectivity index (χ4v) is 3.15. The van der Waals surface area contributed by atoms with Crippen LogP contribution in [0.3, 0.4) is 0 Å². The Balaban J connectivity index is 2.15. The molecule has 0 aromatic heterocycles. The minimum absolute atomic E-state index is 0.0248. The molecule has 0 bridgehead atoms. The van der Waals surface area contributed by atoms with Gasteiger partial charge >= 0.3 is 0 Å². The van der Waals surface area contributed by atoms with Crippen molar-refractivity contribution in [2.75, 3.05) is 19.7 Å². The normalized spacial score (nSPS) is 38.1. The molecule has 13 heavy (non-hydrogen) atoms. The van der Waals surface area contributed by atoms with Crippen molar-refractivity contribution in [1.82, 2.24) is 4.90 Å². The summed E-state index contributed by atoms with van der Waals surface area (Å²) in [6, 6.07) is 0. The molecule has 2 aliphatic rings. The molecular formula is C8H12F2INO. The molecule has 0 radical (unpaired) electrons. The highest BCUT2D eigenvalue weighted by Gasteiger charge is 2.56. The second kappa shape index (κ2) is 3.27. The summed E-state index contributed by atoms with van der Waals surface area (Å²) in [7, 11) is 0. The highest BCUT2D eigenvalue weighted by atomic mass is 127. The molecule has 0 saturated carbocycles. The summed E-state index contributed by atoms with van der Waals surface area (Å²) in [4.78, 5) is 1.89. The first kappa shape index (κ1) is 10.0. The molecule has 0 aromatic carbocycles. The van der Waals surface area contributed by atoms with Gasteiger partial charge in [0.1, 0.15) is 23.0 Å². The molecule has 2 fully saturated rings. The molecule has 1 unspecified atom stereocenters. The quantitative estimate of drug-likeness (QED) is 0.725. The number of hydrogen-bond donors (Lipinski definition) is 0. The second-order valence-electron chi connectivity index (χ2n) is 4.04. The van der Waals surface area contributed by atoms with Crippen LogP contribution in [0.1, 0.15) is 19.3 Å². The Kier molecular flexibility index (Phi) is 2.53. The zero-order chi connectivity index (χ0) is 9.53. The van der Waals surface area contributed by atoms with Crippen molar-refractivity contribution in [3.63, 3.8) is 0 Å². The Morgan fingerprint density at radius 2 is 2.23 bits per heavy atom. The van der Waals surface area contributed by atoms with Gasteiger partial charge in [0.05, 0.1) is 18.7 Å². The van der Waals surface area contributed by atoms with E-state index in [1.807, 2.05) is 4.90 Å². The lowest BCUT2D eigenvalue weighted by Crippen LogP contribution is -2.41. The van der Waals surface area contributed by atoms with Gasteiger partial charge in [0.2, 0.25) is 0 Å². The van der Waals surface area contributed by atoms with Gasteiger partial charge < -0.3 is 3.07 Å². The van der Waals surface area contributed by atoms with E-state index in [9.17, 15) is 8.78 Å². The first-order valence-electron chi connectivity index (χ1n) is 4.44. The first-order valence-corrected chi connectivity index (χ1v) is 5.33. The van der Waals surface area contributed by atoms with Crippen molar-refractivity contribution in [2.45, 2.75) is 30.7 Å². The summed E-state index contributed by atoms with van der Waals surface area (Å²) in [5.41, 5.74) is -0.356. The average molecular weight is 303 g/mol. The topological polar surface area (TPSA) is 12.5 Å². The summed E-state index contributed by atoms with van der Waals surface area (Å²) in [6.07, 6.45) is 1.85. The predicted molar refractivity (Wildman–Crippen MR) is 53.1 cm³/mol. The third kappa shape index (κ3) is 1.70. The zero-order valence-corrected chi connectivity index (χ0v) is 9.39. The number of nitrogens with zero attached hydrogens (tertiary/aromatic N) is 1. The van der Waals surface area contributed by atoms with Gasteiger partial charge in [-0.25, -0.2) is 8.78 Å². The fraction of sp³-hybridized carbons (Fsp3) is 1.00. The maximum Gasteiger partial charge on any atom is 0.262 e. The van der Waals surface area contributed by atoms with Crippen molar-refractivity contribution in [2.24, 2.45) is 0 Å². The van der Waals surface area contributed by atoms with Gasteiger partial charge in [-0.3, -0.25) is 4.90 Å². The van der Waals surface area contributed by atoms with E-state index in [4.69, 9.17) is 3.07 Å². The van der Waals surface area contributed by atoms with E-state index in [2.05, 4.69) is 0 Å². The number of rotatable bonds is 2. The Labute approximate surface area is 90.3 Å². The van der Waals surface area contributed by atoms with Crippen molar-refractivity contribution < 1.29 is 11.8 Å². The van der Waals surface area contributed by atoms with Gasteiger partial charge in [-0.2, -0.15) is 0 Å². The Hall–Kier alpha value is 0.510. The molecular weight excluding hydrogens is 291 g/mol. The van der Waals surface area contributed by atoms with Gasteiger partial charge in [-0.15, -0.1) is 0 Å². The highest BCUT2D eigenvalue weighted by molar-refractivity contribution is 14.1. The Morgan fingerprint density at radius 1 is 1.46 bits per heavy atom. The second-order valence-corrected chi connectivity index (χ2v) is 4.66. The van der Waals surface area contributed by atoms with E-state index >= 15 is 0 Å². The third-order valence-electron chi connectivity index (χ3n) is 3.07. The largest absolute Gasteiger partial charge is 0.314 e. The molecule has 76 valence electrons. The smallest absolute Gasteiger partial charge is 0.262 e. The maximum absolute atomic E-state index is 13.1. The van der Waals surface area contributed by atoms with E-state index in [0.29, 0.717) is 6.61 Å². The van der Waals surface area contributed by atoms with Crippen LogP contribution in [0.4, 0.5) is 8.78 Å². The van der Waals surface area contributed by atoms with Gasteiger partial charge in [-0.05, 0) is 19.4 Å². The molecule has 0 spiro atoms. The molecule has 0 aliphatic carbocycles. The molecule has 5 heteroatoms. The standard InChI is InChI=1S/C8H12F2INO/c9-8(10)4-7(6-13-11)2-1-3-12(7)5-8/h1-6H2.